The first-order valence-electron chi connectivity index (χ1n) is 5.16. The molecule has 1 unspecified atom stereocenters. The topological polar surface area (TPSA) is 28.4 Å². The molecule has 0 radical (unpaired) electrons. The standard InChI is InChI=1S/C11H20N2O/c1-4-13(3)9-10(2)12-8-11-6-5-7-14-11/h5-7,10,12H,4,8-9H2,1-3H3. The van der Waals surface area contributed by atoms with E-state index in [0.29, 0.717) is 6.04 Å². The Morgan fingerprint density at radius 3 is 2.93 bits per heavy atom. The molecule has 3 heteroatoms. The van der Waals surface area contributed by atoms with Gasteiger partial charge < -0.3 is 14.6 Å². The number of nitrogens with zero attached hydrogens (tertiary/aromatic N) is 1. The van der Waals surface area contributed by atoms with Gasteiger partial charge in [-0.1, -0.05) is 6.92 Å². The van der Waals surface area contributed by atoms with Crippen LogP contribution in [0.25, 0.3) is 0 Å². The van der Waals surface area contributed by atoms with Gasteiger partial charge in [-0.3, -0.25) is 0 Å². The van der Waals surface area contributed by atoms with Crippen LogP contribution in [0, 0.1) is 0 Å². The van der Waals surface area contributed by atoms with Gasteiger partial charge >= 0.3 is 0 Å². The average Bonchev–Trinajstić information content (AvgIpc) is 2.67. The van der Waals surface area contributed by atoms with Crippen molar-refractivity contribution in [3.63, 3.8) is 0 Å². The third-order valence-electron chi connectivity index (χ3n) is 2.33. The monoisotopic (exact) mass is 196 g/mol. The molecule has 14 heavy (non-hydrogen) atoms. The van der Waals surface area contributed by atoms with Crippen molar-refractivity contribution < 1.29 is 4.42 Å². The lowest BCUT2D eigenvalue weighted by Crippen LogP contribution is -2.36. The maximum Gasteiger partial charge on any atom is 0.117 e. The summed E-state index contributed by atoms with van der Waals surface area (Å²) in [7, 11) is 2.13. The molecule has 0 bridgehead atoms. The van der Waals surface area contributed by atoms with Crippen LogP contribution in [0.2, 0.25) is 0 Å². The Bertz CT molecular complexity index is 233. The van der Waals surface area contributed by atoms with Crippen molar-refractivity contribution in [1.82, 2.24) is 10.2 Å². The van der Waals surface area contributed by atoms with Crippen LogP contribution in [0.4, 0.5) is 0 Å². The van der Waals surface area contributed by atoms with Crippen LogP contribution < -0.4 is 5.32 Å². The quantitative estimate of drug-likeness (QED) is 0.751. The van der Waals surface area contributed by atoms with Gasteiger partial charge in [0.2, 0.25) is 0 Å². The van der Waals surface area contributed by atoms with E-state index in [1.54, 1.807) is 6.26 Å². The Balaban J connectivity index is 2.18. The lowest BCUT2D eigenvalue weighted by atomic mass is 10.3. The average molecular weight is 196 g/mol. The second kappa shape index (κ2) is 5.83. The number of furan rings is 1. The molecule has 1 aromatic rings. The zero-order chi connectivity index (χ0) is 10.4. The molecule has 0 saturated carbocycles. The van der Waals surface area contributed by atoms with Crippen molar-refractivity contribution in [2.24, 2.45) is 0 Å². The van der Waals surface area contributed by atoms with Crippen LogP contribution in [0.5, 0.6) is 0 Å². The van der Waals surface area contributed by atoms with Crippen molar-refractivity contribution >= 4 is 0 Å². The minimum Gasteiger partial charge on any atom is -0.468 e. The SMILES string of the molecule is CCN(C)CC(C)NCc1ccco1. The van der Waals surface area contributed by atoms with Crippen molar-refractivity contribution in [3.05, 3.63) is 24.2 Å². The number of rotatable bonds is 6. The summed E-state index contributed by atoms with van der Waals surface area (Å²) in [5.41, 5.74) is 0. The summed E-state index contributed by atoms with van der Waals surface area (Å²) in [5, 5.41) is 3.41. The first-order chi connectivity index (χ1) is 6.72. The molecule has 1 heterocycles. The maximum absolute atomic E-state index is 5.24. The van der Waals surface area contributed by atoms with Gasteiger partial charge in [-0.2, -0.15) is 0 Å². The van der Waals surface area contributed by atoms with Gasteiger partial charge in [0.05, 0.1) is 12.8 Å². The van der Waals surface area contributed by atoms with E-state index in [0.717, 1.165) is 25.4 Å². The molecule has 1 N–H and O–H groups in total. The zero-order valence-corrected chi connectivity index (χ0v) is 9.29. The zero-order valence-electron chi connectivity index (χ0n) is 9.29. The highest BCUT2D eigenvalue weighted by molar-refractivity contribution is 4.97. The molecule has 80 valence electrons. The Kier molecular flexibility index (Phi) is 4.70. The van der Waals surface area contributed by atoms with Gasteiger partial charge in [0.25, 0.3) is 0 Å². The van der Waals surface area contributed by atoms with E-state index in [-0.39, 0.29) is 0 Å². The van der Waals surface area contributed by atoms with Crippen molar-refractivity contribution in [2.45, 2.75) is 26.4 Å². The van der Waals surface area contributed by atoms with Crippen molar-refractivity contribution in [1.29, 1.82) is 0 Å². The van der Waals surface area contributed by atoms with Crippen molar-refractivity contribution in [3.8, 4) is 0 Å². The molecule has 0 aliphatic heterocycles. The maximum atomic E-state index is 5.24. The number of nitrogens with one attached hydrogen (secondary N) is 1. The van der Waals surface area contributed by atoms with Crippen LogP contribution in [0.15, 0.2) is 22.8 Å². The lowest BCUT2D eigenvalue weighted by Gasteiger charge is -2.20. The molecule has 0 amide bonds. The van der Waals surface area contributed by atoms with E-state index in [1.165, 1.54) is 0 Å². The van der Waals surface area contributed by atoms with Gasteiger partial charge in [-0.05, 0) is 32.6 Å². The first kappa shape index (κ1) is 11.3. The molecule has 0 saturated heterocycles. The fourth-order valence-corrected chi connectivity index (χ4v) is 1.35. The highest BCUT2D eigenvalue weighted by atomic mass is 16.3. The largest absolute Gasteiger partial charge is 0.468 e. The van der Waals surface area contributed by atoms with Gasteiger partial charge in [0.1, 0.15) is 5.76 Å². The number of likely N-dealkylation sites (N-methyl/N-ethyl adjacent to an activating group) is 1. The molecule has 0 aliphatic rings. The van der Waals surface area contributed by atoms with Crippen LogP contribution in [-0.4, -0.2) is 31.1 Å². The summed E-state index contributed by atoms with van der Waals surface area (Å²) in [6, 6.07) is 4.40. The molecule has 3 nitrogen and oxygen atoms in total. The Morgan fingerprint density at radius 1 is 1.57 bits per heavy atom. The fraction of sp³-hybridized carbons (Fsp3) is 0.636. The summed E-state index contributed by atoms with van der Waals surface area (Å²) in [6.45, 7) is 7.32. The molecule has 1 aromatic heterocycles. The second-order valence-corrected chi connectivity index (χ2v) is 3.72. The summed E-state index contributed by atoms with van der Waals surface area (Å²) in [6.07, 6.45) is 1.71. The minimum atomic E-state index is 0.491. The summed E-state index contributed by atoms with van der Waals surface area (Å²) in [5.74, 6) is 0.996. The Morgan fingerprint density at radius 2 is 2.36 bits per heavy atom. The molecule has 0 aromatic carbocycles. The fourth-order valence-electron chi connectivity index (χ4n) is 1.35. The van der Waals surface area contributed by atoms with Crippen LogP contribution in [0.3, 0.4) is 0 Å². The van der Waals surface area contributed by atoms with E-state index in [9.17, 15) is 0 Å². The molecule has 1 atom stereocenters. The van der Waals surface area contributed by atoms with E-state index in [2.05, 4.69) is 31.1 Å². The Labute approximate surface area is 86.1 Å². The minimum absolute atomic E-state index is 0.491. The van der Waals surface area contributed by atoms with Crippen LogP contribution >= 0.6 is 0 Å². The normalized spacial score (nSPS) is 13.4. The molecular weight excluding hydrogens is 176 g/mol. The Hall–Kier alpha value is -0.800. The number of hydrogen-bond acceptors (Lipinski definition) is 3. The second-order valence-electron chi connectivity index (χ2n) is 3.72. The summed E-state index contributed by atoms with van der Waals surface area (Å²) >= 11 is 0. The highest BCUT2D eigenvalue weighted by Crippen LogP contribution is 1.99. The van der Waals surface area contributed by atoms with Gasteiger partial charge in [0, 0.05) is 12.6 Å². The smallest absolute Gasteiger partial charge is 0.117 e. The van der Waals surface area contributed by atoms with E-state index >= 15 is 0 Å². The van der Waals surface area contributed by atoms with Gasteiger partial charge in [-0.25, -0.2) is 0 Å². The van der Waals surface area contributed by atoms with E-state index in [1.807, 2.05) is 12.1 Å². The third kappa shape index (κ3) is 3.94. The first-order valence-corrected chi connectivity index (χ1v) is 5.16. The van der Waals surface area contributed by atoms with Crippen LogP contribution in [-0.2, 0) is 6.54 Å². The molecule has 0 aliphatic carbocycles. The highest BCUT2D eigenvalue weighted by Gasteiger charge is 2.04. The molecular formula is C11H20N2O. The van der Waals surface area contributed by atoms with Crippen molar-refractivity contribution in [2.75, 3.05) is 20.1 Å². The van der Waals surface area contributed by atoms with E-state index < -0.39 is 0 Å². The van der Waals surface area contributed by atoms with Crippen LogP contribution in [0.1, 0.15) is 19.6 Å². The van der Waals surface area contributed by atoms with Gasteiger partial charge in [-0.15, -0.1) is 0 Å². The molecule has 0 fully saturated rings. The molecule has 0 spiro atoms. The summed E-state index contributed by atoms with van der Waals surface area (Å²) in [4.78, 5) is 2.29. The summed E-state index contributed by atoms with van der Waals surface area (Å²) < 4.78 is 5.24. The lowest BCUT2D eigenvalue weighted by molar-refractivity contribution is 0.305. The van der Waals surface area contributed by atoms with Gasteiger partial charge in [0.15, 0.2) is 0 Å². The predicted molar refractivity (Wildman–Crippen MR) is 58.2 cm³/mol. The third-order valence-corrected chi connectivity index (χ3v) is 2.33. The number of hydrogen-bond donors (Lipinski definition) is 1. The van der Waals surface area contributed by atoms with E-state index in [4.69, 9.17) is 4.42 Å². The molecule has 1 rings (SSSR count). The predicted octanol–water partition coefficient (Wildman–Crippen LogP) is 1.71.